The molecule has 3 aromatic rings. The van der Waals surface area contributed by atoms with Crippen LogP contribution in [0.4, 0.5) is 5.82 Å². The highest BCUT2D eigenvalue weighted by Crippen LogP contribution is 2.39. The number of nitrogens with zero attached hydrogens (tertiary/aromatic N) is 3. The van der Waals surface area contributed by atoms with Gasteiger partial charge in [0.25, 0.3) is 5.91 Å². The van der Waals surface area contributed by atoms with E-state index in [2.05, 4.69) is 22.2 Å². The Labute approximate surface area is 174 Å². The highest BCUT2D eigenvalue weighted by Gasteiger charge is 2.36. The molecule has 1 aliphatic carbocycles. The first-order valence-corrected chi connectivity index (χ1v) is 10.0. The van der Waals surface area contributed by atoms with Crippen LogP contribution in [0.15, 0.2) is 36.7 Å². The summed E-state index contributed by atoms with van der Waals surface area (Å²) in [5.41, 5.74) is 0.648. The zero-order chi connectivity index (χ0) is 21.3. The number of amides is 1. The van der Waals surface area contributed by atoms with E-state index in [9.17, 15) is 9.90 Å². The predicted octanol–water partition coefficient (Wildman–Crippen LogP) is 3.40. The number of ether oxygens (including phenoxy) is 2. The molecular weight excluding hydrogens is 384 g/mol. The average Bonchev–Trinajstić information content (AvgIpc) is 3.19. The summed E-state index contributed by atoms with van der Waals surface area (Å²) in [6.07, 6.45) is 6.76. The van der Waals surface area contributed by atoms with E-state index >= 15 is 0 Å². The van der Waals surface area contributed by atoms with Crippen LogP contribution in [0.3, 0.4) is 0 Å². The Kier molecular flexibility index (Phi) is 5.34. The van der Waals surface area contributed by atoms with Crippen LogP contribution in [0.5, 0.6) is 11.6 Å². The van der Waals surface area contributed by atoms with E-state index in [0.29, 0.717) is 53.1 Å². The molecule has 1 aliphatic rings. The smallest absolute Gasteiger partial charge is 0.262 e. The summed E-state index contributed by atoms with van der Waals surface area (Å²) >= 11 is 0. The van der Waals surface area contributed by atoms with Gasteiger partial charge in [-0.2, -0.15) is 4.98 Å². The van der Waals surface area contributed by atoms with E-state index in [1.54, 1.807) is 41.1 Å². The summed E-state index contributed by atoms with van der Waals surface area (Å²) < 4.78 is 12.3. The van der Waals surface area contributed by atoms with Gasteiger partial charge >= 0.3 is 0 Å². The molecule has 4 rings (SSSR count). The van der Waals surface area contributed by atoms with Gasteiger partial charge in [-0.3, -0.25) is 4.79 Å². The molecule has 1 saturated carbocycles. The minimum absolute atomic E-state index is 0.336. The number of methoxy groups -OCH3 is 2. The molecule has 3 aromatic heterocycles. The van der Waals surface area contributed by atoms with E-state index < -0.39 is 5.60 Å². The summed E-state index contributed by atoms with van der Waals surface area (Å²) in [6.45, 7) is 2.20. The molecule has 1 fully saturated rings. The number of hydrogen-bond donors (Lipinski definition) is 2. The molecule has 30 heavy (non-hydrogen) atoms. The lowest BCUT2D eigenvalue weighted by atomic mass is 9.78. The van der Waals surface area contributed by atoms with Crippen LogP contribution >= 0.6 is 0 Å². The Hall–Kier alpha value is -3.13. The van der Waals surface area contributed by atoms with Crippen molar-refractivity contribution in [1.82, 2.24) is 14.4 Å². The Bertz CT molecular complexity index is 1070. The van der Waals surface area contributed by atoms with Gasteiger partial charge < -0.3 is 24.3 Å². The van der Waals surface area contributed by atoms with Crippen molar-refractivity contribution in [2.75, 3.05) is 19.5 Å². The molecule has 8 nitrogen and oxygen atoms in total. The van der Waals surface area contributed by atoms with Crippen molar-refractivity contribution in [2.24, 2.45) is 5.92 Å². The first kappa shape index (κ1) is 20.2. The zero-order valence-corrected chi connectivity index (χ0v) is 17.4. The molecule has 0 radical (unpaired) electrons. The molecule has 8 heteroatoms. The molecule has 0 aromatic carbocycles. The molecule has 0 bridgehead atoms. The number of aliphatic hydroxyl groups is 1. The van der Waals surface area contributed by atoms with Gasteiger partial charge in [-0.15, -0.1) is 0 Å². The van der Waals surface area contributed by atoms with Gasteiger partial charge in [0, 0.05) is 24.5 Å². The fraction of sp³-hybridized carbons (Fsp3) is 0.409. The number of hydrogen-bond acceptors (Lipinski definition) is 6. The number of aromatic nitrogens is 3. The lowest BCUT2D eigenvalue weighted by molar-refractivity contribution is -0.0153. The second-order valence-corrected chi connectivity index (χ2v) is 7.88. The normalized spacial score (nSPS) is 21.4. The van der Waals surface area contributed by atoms with Gasteiger partial charge in [-0.1, -0.05) is 13.0 Å². The molecule has 0 saturated heterocycles. The van der Waals surface area contributed by atoms with Gasteiger partial charge in [0.15, 0.2) is 0 Å². The third-order valence-corrected chi connectivity index (χ3v) is 5.77. The second-order valence-electron chi connectivity index (χ2n) is 7.88. The molecule has 0 aliphatic heterocycles. The monoisotopic (exact) mass is 410 g/mol. The summed E-state index contributed by atoms with van der Waals surface area (Å²) in [6, 6.07) is 6.83. The van der Waals surface area contributed by atoms with Crippen LogP contribution in [0.25, 0.3) is 5.65 Å². The number of rotatable bonds is 5. The van der Waals surface area contributed by atoms with Crippen molar-refractivity contribution in [1.29, 1.82) is 0 Å². The molecular formula is C22H26N4O4. The Morgan fingerprint density at radius 3 is 2.67 bits per heavy atom. The van der Waals surface area contributed by atoms with Crippen molar-refractivity contribution in [3.8, 4) is 11.6 Å². The minimum Gasteiger partial charge on any atom is -0.496 e. The molecule has 0 atom stereocenters. The first-order valence-electron chi connectivity index (χ1n) is 10.0. The lowest BCUT2D eigenvalue weighted by Crippen LogP contribution is -2.31. The second kappa shape index (κ2) is 7.95. The number of nitrogens with one attached hydrogen (secondary N) is 1. The topological polar surface area (TPSA) is 98.0 Å². The first-order chi connectivity index (χ1) is 14.4. The summed E-state index contributed by atoms with van der Waals surface area (Å²) in [4.78, 5) is 21.7. The van der Waals surface area contributed by atoms with E-state index in [-0.39, 0.29) is 5.91 Å². The maximum Gasteiger partial charge on any atom is 0.262 e. The third kappa shape index (κ3) is 3.82. The molecule has 158 valence electrons. The summed E-state index contributed by atoms with van der Waals surface area (Å²) in [5.74, 6) is 1.42. The molecule has 3 heterocycles. The van der Waals surface area contributed by atoms with Crippen molar-refractivity contribution in [3.63, 3.8) is 0 Å². The van der Waals surface area contributed by atoms with E-state index in [0.717, 1.165) is 12.8 Å². The largest absolute Gasteiger partial charge is 0.496 e. The number of imidazole rings is 1. The third-order valence-electron chi connectivity index (χ3n) is 5.77. The van der Waals surface area contributed by atoms with Crippen LogP contribution < -0.4 is 14.8 Å². The van der Waals surface area contributed by atoms with E-state index in [1.807, 2.05) is 0 Å². The quantitative estimate of drug-likeness (QED) is 0.669. The fourth-order valence-electron chi connectivity index (χ4n) is 3.86. The molecule has 2 N–H and O–H groups in total. The van der Waals surface area contributed by atoms with Crippen molar-refractivity contribution >= 4 is 17.4 Å². The summed E-state index contributed by atoms with van der Waals surface area (Å²) in [7, 11) is 3.02. The van der Waals surface area contributed by atoms with E-state index in [1.165, 1.54) is 14.2 Å². The number of carbonyl (C=O) groups is 1. The van der Waals surface area contributed by atoms with Gasteiger partial charge in [-0.25, -0.2) is 4.98 Å². The van der Waals surface area contributed by atoms with Crippen molar-refractivity contribution < 1.29 is 19.4 Å². The van der Waals surface area contributed by atoms with Crippen LogP contribution in [0, 0.1) is 5.92 Å². The predicted molar refractivity (Wildman–Crippen MR) is 112 cm³/mol. The minimum atomic E-state index is -0.932. The number of fused-ring (bicyclic) bond motifs is 1. The number of pyridine rings is 2. The molecule has 0 unspecified atom stereocenters. The van der Waals surface area contributed by atoms with Crippen LogP contribution in [0.2, 0.25) is 0 Å². The molecule has 0 spiro atoms. The standard InChI is InChI=1S/C22H26N4O4/c1-14-7-9-22(28,10-8-14)17-13-26-12-15(16(29-2)11-19(26)23-17)21(27)25-18-5-4-6-20(24-18)30-3/h4-6,11-14,28H,7-10H2,1-3H3,(H,24,25,27). The fourth-order valence-corrected chi connectivity index (χ4v) is 3.86. The van der Waals surface area contributed by atoms with Gasteiger partial charge in [-0.05, 0) is 37.7 Å². The Morgan fingerprint density at radius 2 is 1.97 bits per heavy atom. The molecule has 1 amide bonds. The highest BCUT2D eigenvalue weighted by molar-refractivity contribution is 6.05. The lowest BCUT2D eigenvalue weighted by Gasteiger charge is -2.33. The van der Waals surface area contributed by atoms with Crippen molar-refractivity contribution in [3.05, 3.63) is 47.9 Å². The Morgan fingerprint density at radius 1 is 1.20 bits per heavy atom. The van der Waals surface area contributed by atoms with Crippen LogP contribution in [-0.4, -0.2) is 39.6 Å². The average molecular weight is 410 g/mol. The maximum atomic E-state index is 12.9. The zero-order valence-electron chi connectivity index (χ0n) is 17.4. The van der Waals surface area contributed by atoms with E-state index in [4.69, 9.17) is 9.47 Å². The van der Waals surface area contributed by atoms with Crippen LogP contribution in [-0.2, 0) is 5.60 Å². The van der Waals surface area contributed by atoms with Gasteiger partial charge in [0.1, 0.15) is 22.8 Å². The highest BCUT2D eigenvalue weighted by atomic mass is 16.5. The number of anilines is 1. The Balaban J connectivity index is 1.65. The van der Waals surface area contributed by atoms with Gasteiger partial charge in [0.05, 0.1) is 25.5 Å². The maximum absolute atomic E-state index is 12.9. The summed E-state index contributed by atoms with van der Waals surface area (Å²) in [5, 5.41) is 13.9. The number of carbonyl (C=O) groups excluding carboxylic acids is 1. The SMILES string of the molecule is COc1cccc(NC(=O)c2cn3cc(C4(O)CCC(C)CC4)nc3cc2OC)n1. The van der Waals surface area contributed by atoms with Gasteiger partial charge in [0.2, 0.25) is 5.88 Å². The van der Waals surface area contributed by atoms with Crippen LogP contribution in [0.1, 0.15) is 48.7 Å². The van der Waals surface area contributed by atoms with Crippen molar-refractivity contribution in [2.45, 2.75) is 38.2 Å².